The first kappa shape index (κ1) is 13.9. The van der Waals surface area contributed by atoms with Gasteiger partial charge in [0.1, 0.15) is 4.75 Å². The lowest BCUT2D eigenvalue weighted by Gasteiger charge is -2.43. The molecule has 2 rings (SSSR count). The molecule has 1 fully saturated rings. The predicted octanol–water partition coefficient (Wildman–Crippen LogP) is 4.57. The lowest BCUT2D eigenvalue weighted by molar-refractivity contribution is -0.143. The Balaban J connectivity index is 2.07. The summed E-state index contributed by atoms with van der Waals surface area (Å²) in [5.41, 5.74) is 0. The molecule has 0 radical (unpaired) electrons. The summed E-state index contributed by atoms with van der Waals surface area (Å²) in [5, 5.41) is 9.47. The van der Waals surface area contributed by atoms with Crippen molar-refractivity contribution in [3.8, 4) is 0 Å². The minimum absolute atomic E-state index is 0.589. The van der Waals surface area contributed by atoms with E-state index in [-0.39, 0.29) is 0 Å². The molecule has 1 aromatic rings. The summed E-state index contributed by atoms with van der Waals surface area (Å²) in [6, 6.07) is 7.87. The van der Waals surface area contributed by atoms with Gasteiger partial charge in [0, 0.05) is 9.37 Å². The molecule has 1 N–H and O–H groups in total. The first-order chi connectivity index (χ1) is 8.55. The molecular formula is C14H17BrO2S. The Morgan fingerprint density at radius 1 is 1.56 bits per heavy atom. The van der Waals surface area contributed by atoms with Crippen LogP contribution in [0.4, 0.5) is 0 Å². The second kappa shape index (κ2) is 5.66. The van der Waals surface area contributed by atoms with E-state index in [0.717, 1.165) is 35.1 Å². The molecule has 1 aliphatic carbocycles. The molecule has 1 aromatic carbocycles. The van der Waals surface area contributed by atoms with Gasteiger partial charge in [-0.2, -0.15) is 0 Å². The maximum absolute atomic E-state index is 11.5. The topological polar surface area (TPSA) is 37.3 Å². The van der Waals surface area contributed by atoms with Gasteiger partial charge in [0.2, 0.25) is 0 Å². The van der Waals surface area contributed by atoms with Crippen molar-refractivity contribution >= 4 is 33.7 Å². The van der Waals surface area contributed by atoms with Crippen LogP contribution in [0.25, 0.3) is 0 Å². The molecule has 4 heteroatoms. The maximum atomic E-state index is 11.5. The van der Waals surface area contributed by atoms with Crippen molar-refractivity contribution in [2.24, 2.45) is 5.92 Å². The van der Waals surface area contributed by atoms with E-state index in [0.29, 0.717) is 5.92 Å². The van der Waals surface area contributed by atoms with E-state index < -0.39 is 10.7 Å². The van der Waals surface area contributed by atoms with E-state index in [4.69, 9.17) is 0 Å². The number of thioether (sulfide) groups is 1. The second-order valence-corrected chi connectivity index (χ2v) is 7.29. The fourth-order valence-corrected chi connectivity index (χ4v) is 4.60. The Kier molecular flexibility index (Phi) is 4.38. The summed E-state index contributed by atoms with van der Waals surface area (Å²) < 4.78 is 0.401. The summed E-state index contributed by atoms with van der Waals surface area (Å²) in [7, 11) is 0. The van der Waals surface area contributed by atoms with E-state index in [2.05, 4.69) is 22.9 Å². The lowest BCUT2D eigenvalue weighted by Crippen LogP contribution is -2.47. The van der Waals surface area contributed by atoms with E-state index in [1.54, 1.807) is 0 Å². The highest BCUT2D eigenvalue weighted by Gasteiger charge is 2.50. The van der Waals surface area contributed by atoms with Gasteiger partial charge < -0.3 is 5.11 Å². The number of carboxylic acid groups (broad SMARTS) is 1. The molecule has 0 saturated heterocycles. The highest BCUT2D eigenvalue weighted by atomic mass is 79.9. The van der Waals surface area contributed by atoms with Crippen LogP contribution < -0.4 is 0 Å². The van der Waals surface area contributed by atoms with Crippen LogP contribution in [0.1, 0.15) is 32.6 Å². The molecule has 1 aliphatic rings. The van der Waals surface area contributed by atoms with Gasteiger partial charge in [-0.1, -0.05) is 41.8 Å². The van der Waals surface area contributed by atoms with Crippen molar-refractivity contribution in [1.82, 2.24) is 0 Å². The zero-order valence-corrected chi connectivity index (χ0v) is 12.8. The van der Waals surface area contributed by atoms with E-state index >= 15 is 0 Å². The largest absolute Gasteiger partial charge is 0.480 e. The van der Waals surface area contributed by atoms with Crippen molar-refractivity contribution in [2.75, 3.05) is 0 Å². The van der Waals surface area contributed by atoms with Crippen molar-refractivity contribution in [3.63, 3.8) is 0 Å². The maximum Gasteiger partial charge on any atom is 0.320 e. The molecule has 0 unspecified atom stereocenters. The number of hydrogen-bond acceptors (Lipinski definition) is 2. The molecule has 0 aliphatic heterocycles. The van der Waals surface area contributed by atoms with Gasteiger partial charge >= 0.3 is 5.97 Å². The zero-order valence-electron chi connectivity index (χ0n) is 10.4. The van der Waals surface area contributed by atoms with E-state index in [1.807, 2.05) is 24.3 Å². The average molecular weight is 329 g/mol. The summed E-state index contributed by atoms with van der Waals surface area (Å²) >= 11 is 4.92. The number of hydrogen-bond donors (Lipinski definition) is 1. The third-order valence-corrected chi connectivity index (χ3v) is 5.31. The van der Waals surface area contributed by atoms with Crippen LogP contribution in [0.2, 0.25) is 0 Å². The van der Waals surface area contributed by atoms with Gasteiger partial charge in [-0.15, -0.1) is 11.8 Å². The molecule has 18 heavy (non-hydrogen) atoms. The Hall–Kier alpha value is -0.480. The predicted molar refractivity (Wildman–Crippen MR) is 78.0 cm³/mol. The fourth-order valence-electron chi connectivity index (χ4n) is 2.54. The number of carbonyl (C=O) groups is 1. The Labute approximate surface area is 120 Å². The molecule has 98 valence electrons. The van der Waals surface area contributed by atoms with Gasteiger partial charge in [-0.3, -0.25) is 4.79 Å². The van der Waals surface area contributed by atoms with Crippen molar-refractivity contribution in [2.45, 2.75) is 42.2 Å². The van der Waals surface area contributed by atoms with Crippen LogP contribution in [0.5, 0.6) is 0 Å². The standard InChI is InChI=1S/C14H17BrO2S/c1-2-4-10-8-14(9-10,13(16)17)18-12-6-3-5-11(15)7-12/h3,5-7,10H,2,4,8-9H2,1H3,(H,16,17). The van der Waals surface area contributed by atoms with Gasteiger partial charge in [0.05, 0.1) is 0 Å². The number of carboxylic acids is 1. The van der Waals surface area contributed by atoms with Gasteiger partial charge in [0.15, 0.2) is 0 Å². The van der Waals surface area contributed by atoms with Crippen LogP contribution in [0, 0.1) is 5.92 Å². The van der Waals surface area contributed by atoms with Crippen LogP contribution in [0.3, 0.4) is 0 Å². The number of benzene rings is 1. The van der Waals surface area contributed by atoms with Gasteiger partial charge in [-0.25, -0.2) is 0 Å². The summed E-state index contributed by atoms with van der Waals surface area (Å²) in [5.74, 6) is -0.0782. The smallest absolute Gasteiger partial charge is 0.320 e. The van der Waals surface area contributed by atoms with Gasteiger partial charge in [0.25, 0.3) is 0 Å². The lowest BCUT2D eigenvalue weighted by atomic mass is 9.72. The minimum atomic E-state index is -0.667. The molecule has 2 nitrogen and oxygen atoms in total. The number of aliphatic carboxylic acids is 1. The molecule has 0 amide bonds. The Morgan fingerprint density at radius 3 is 2.83 bits per heavy atom. The quantitative estimate of drug-likeness (QED) is 0.859. The second-order valence-electron chi connectivity index (χ2n) is 4.92. The summed E-state index contributed by atoms with van der Waals surface area (Å²) in [6.07, 6.45) is 3.89. The zero-order chi connectivity index (χ0) is 13.2. The highest BCUT2D eigenvalue weighted by molar-refractivity contribution is 9.10. The summed E-state index contributed by atoms with van der Waals surface area (Å²) in [4.78, 5) is 12.5. The molecule has 0 heterocycles. The number of rotatable bonds is 5. The van der Waals surface area contributed by atoms with Crippen molar-refractivity contribution in [1.29, 1.82) is 0 Å². The average Bonchev–Trinajstić information content (AvgIpc) is 2.25. The third kappa shape index (κ3) is 2.91. The SMILES string of the molecule is CCCC1CC(Sc2cccc(Br)c2)(C(=O)O)C1. The van der Waals surface area contributed by atoms with Crippen LogP contribution in [0.15, 0.2) is 33.6 Å². The van der Waals surface area contributed by atoms with Crippen LogP contribution in [-0.4, -0.2) is 15.8 Å². The molecule has 0 spiro atoms. The Bertz CT molecular complexity index is 441. The molecule has 1 saturated carbocycles. The Morgan fingerprint density at radius 2 is 2.28 bits per heavy atom. The normalized spacial score (nSPS) is 26.7. The van der Waals surface area contributed by atoms with Crippen LogP contribution >= 0.6 is 27.7 Å². The monoisotopic (exact) mass is 328 g/mol. The summed E-state index contributed by atoms with van der Waals surface area (Å²) in [6.45, 7) is 2.15. The van der Waals surface area contributed by atoms with Crippen molar-refractivity contribution < 1.29 is 9.90 Å². The minimum Gasteiger partial charge on any atom is -0.480 e. The molecule has 0 bridgehead atoms. The van der Waals surface area contributed by atoms with Gasteiger partial charge in [-0.05, 0) is 37.0 Å². The van der Waals surface area contributed by atoms with Crippen molar-refractivity contribution in [3.05, 3.63) is 28.7 Å². The third-order valence-electron chi connectivity index (χ3n) is 3.43. The molecular weight excluding hydrogens is 312 g/mol. The van der Waals surface area contributed by atoms with E-state index in [9.17, 15) is 9.90 Å². The molecule has 0 aromatic heterocycles. The first-order valence-electron chi connectivity index (χ1n) is 6.24. The first-order valence-corrected chi connectivity index (χ1v) is 7.84. The van der Waals surface area contributed by atoms with E-state index in [1.165, 1.54) is 11.8 Å². The molecule has 0 atom stereocenters. The highest BCUT2D eigenvalue weighted by Crippen LogP contribution is 2.52. The van der Waals surface area contributed by atoms with Crippen LogP contribution in [-0.2, 0) is 4.79 Å². The number of halogens is 1. The fraction of sp³-hybridized carbons (Fsp3) is 0.500.